The van der Waals surface area contributed by atoms with Gasteiger partial charge in [-0.3, -0.25) is 0 Å². The summed E-state index contributed by atoms with van der Waals surface area (Å²) in [6.07, 6.45) is 2.37. The molecule has 0 aliphatic carbocycles. The highest BCUT2D eigenvalue weighted by atomic mass is 35.5. The van der Waals surface area contributed by atoms with E-state index in [-0.39, 0.29) is 24.8 Å². The van der Waals surface area contributed by atoms with Gasteiger partial charge in [0, 0.05) is 18.1 Å². The molecule has 1 heterocycles. The number of nitrogens with one attached hydrogen (secondary N) is 1. The van der Waals surface area contributed by atoms with Crippen LogP contribution in [0.15, 0.2) is 0 Å². The number of piperidine rings is 1. The molecule has 0 aromatic carbocycles. The number of nitrogens with two attached hydrogens (primary N) is 1. The third-order valence-electron chi connectivity index (χ3n) is 1.98. The first kappa shape index (κ1) is 14.0. The fourth-order valence-electron chi connectivity index (χ4n) is 1.14. The number of halogens is 2. The minimum Gasteiger partial charge on any atom is -0.327 e. The van der Waals surface area contributed by atoms with Crippen LogP contribution in [0.1, 0.15) is 26.7 Å². The van der Waals surface area contributed by atoms with Gasteiger partial charge in [-0.15, -0.1) is 24.8 Å². The van der Waals surface area contributed by atoms with Crippen LogP contribution in [-0.4, -0.2) is 18.1 Å². The van der Waals surface area contributed by atoms with E-state index in [1.165, 1.54) is 12.8 Å². The van der Waals surface area contributed by atoms with Crippen LogP contribution in [0, 0.1) is 0 Å². The zero-order valence-electron chi connectivity index (χ0n) is 7.09. The first-order valence-electron chi connectivity index (χ1n) is 3.61. The first-order valence-corrected chi connectivity index (χ1v) is 3.61. The van der Waals surface area contributed by atoms with E-state index in [9.17, 15) is 0 Å². The summed E-state index contributed by atoms with van der Waals surface area (Å²) in [6.45, 7) is 5.42. The Bertz CT molecular complexity index is 96.6. The lowest BCUT2D eigenvalue weighted by Gasteiger charge is -2.34. The lowest BCUT2D eigenvalue weighted by Crippen LogP contribution is -2.51. The van der Waals surface area contributed by atoms with E-state index < -0.39 is 0 Å². The molecule has 2 nitrogen and oxygen atoms in total. The van der Waals surface area contributed by atoms with Gasteiger partial charge < -0.3 is 11.1 Å². The van der Waals surface area contributed by atoms with Crippen LogP contribution in [0.5, 0.6) is 0 Å². The van der Waals surface area contributed by atoms with Crippen molar-refractivity contribution in [1.29, 1.82) is 0 Å². The van der Waals surface area contributed by atoms with E-state index >= 15 is 0 Å². The Hall–Kier alpha value is 0.500. The second kappa shape index (κ2) is 5.20. The van der Waals surface area contributed by atoms with Crippen molar-refractivity contribution >= 4 is 24.8 Å². The third kappa shape index (κ3) is 4.86. The van der Waals surface area contributed by atoms with Gasteiger partial charge in [-0.2, -0.15) is 0 Å². The zero-order chi connectivity index (χ0) is 6.91. The maximum absolute atomic E-state index is 5.69. The van der Waals surface area contributed by atoms with Crippen LogP contribution in [0.25, 0.3) is 0 Å². The summed E-state index contributed by atoms with van der Waals surface area (Å²) in [5, 5.41) is 3.38. The highest BCUT2D eigenvalue weighted by molar-refractivity contribution is 5.85. The lowest BCUT2D eigenvalue weighted by molar-refractivity contribution is 0.281. The molecule has 11 heavy (non-hydrogen) atoms. The van der Waals surface area contributed by atoms with Gasteiger partial charge in [0.2, 0.25) is 0 Å². The Morgan fingerprint density at radius 1 is 1.36 bits per heavy atom. The molecular formula is C7H18Cl2N2. The third-order valence-corrected chi connectivity index (χ3v) is 1.98. The summed E-state index contributed by atoms with van der Waals surface area (Å²) in [4.78, 5) is 0. The van der Waals surface area contributed by atoms with E-state index in [0.29, 0.717) is 11.6 Å². The zero-order valence-corrected chi connectivity index (χ0v) is 8.73. The molecular weight excluding hydrogens is 183 g/mol. The van der Waals surface area contributed by atoms with Crippen molar-refractivity contribution in [2.45, 2.75) is 38.3 Å². The van der Waals surface area contributed by atoms with Gasteiger partial charge in [0.25, 0.3) is 0 Å². The van der Waals surface area contributed by atoms with Crippen molar-refractivity contribution in [3.05, 3.63) is 0 Å². The van der Waals surface area contributed by atoms with E-state index in [0.717, 1.165) is 6.54 Å². The molecule has 0 radical (unpaired) electrons. The topological polar surface area (TPSA) is 38.0 Å². The van der Waals surface area contributed by atoms with E-state index in [1.807, 2.05) is 0 Å². The quantitative estimate of drug-likeness (QED) is 0.620. The number of hydrogen-bond acceptors (Lipinski definition) is 2. The molecule has 0 unspecified atom stereocenters. The van der Waals surface area contributed by atoms with Crippen molar-refractivity contribution < 1.29 is 0 Å². The Morgan fingerprint density at radius 3 is 2.18 bits per heavy atom. The molecule has 1 rings (SSSR count). The van der Waals surface area contributed by atoms with Crippen molar-refractivity contribution in [3.63, 3.8) is 0 Å². The summed E-state index contributed by atoms with van der Waals surface area (Å²) in [5.41, 5.74) is 6.02. The molecule has 70 valence electrons. The Kier molecular flexibility index (Phi) is 6.64. The Morgan fingerprint density at radius 2 is 1.91 bits per heavy atom. The van der Waals surface area contributed by atoms with Gasteiger partial charge in [-0.1, -0.05) is 0 Å². The minimum absolute atomic E-state index is 0. The molecule has 1 atom stereocenters. The average molecular weight is 201 g/mol. The maximum Gasteiger partial charge on any atom is 0.0166 e. The molecule has 0 spiro atoms. The van der Waals surface area contributed by atoms with Gasteiger partial charge in [-0.25, -0.2) is 0 Å². The normalized spacial score (nSPS) is 28.1. The average Bonchev–Trinajstić information content (AvgIpc) is 1.78. The number of rotatable bonds is 0. The summed E-state index contributed by atoms with van der Waals surface area (Å²) in [5.74, 6) is 0. The van der Waals surface area contributed by atoms with Crippen molar-refractivity contribution in [2.75, 3.05) is 6.54 Å². The molecule has 0 bridgehead atoms. The molecule has 1 fully saturated rings. The van der Waals surface area contributed by atoms with Crippen LogP contribution in [0.2, 0.25) is 0 Å². The van der Waals surface area contributed by atoms with Gasteiger partial charge in [-0.05, 0) is 26.7 Å². The van der Waals surface area contributed by atoms with E-state index in [4.69, 9.17) is 5.73 Å². The monoisotopic (exact) mass is 200 g/mol. The minimum atomic E-state index is 0. The molecule has 0 amide bonds. The summed E-state index contributed by atoms with van der Waals surface area (Å²) >= 11 is 0. The smallest absolute Gasteiger partial charge is 0.0166 e. The largest absolute Gasteiger partial charge is 0.327 e. The van der Waals surface area contributed by atoms with Gasteiger partial charge in [0.05, 0.1) is 0 Å². The second-order valence-corrected chi connectivity index (χ2v) is 3.56. The molecule has 1 saturated heterocycles. The Balaban J connectivity index is 0. The summed E-state index contributed by atoms with van der Waals surface area (Å²) < 4.78 is 0. The summed E-state index contributed by atoms with van der Waals surface area (Å²) in [6, 6.07) is 0.387. The SMILES string of the molecule is CC1(C)CC[C@H](N)CN1.Cl.Cl. The second-order valence-electron chi connectivity index (χ2n) is 3.56. The Labute approximate surface area is 81.1 Å². The number of hydrogen-bond donors (Lipinski definition) is 2. The molecule has 0 aromatic rings. The van der Waals surface area contributed by atoms with E-state index in [2.05, 4.69) is 19.2 Å². The molecule has 4 heteroatoms. The van der Waals surface area contributed by atoms with Crippen molar-refractivity contribution in [3.8, 4) is 0 Å². The lowest BCUT2D eigenvalue weighted by atomic mass is 9.91. The van der Waals surface area contributed by atoms with Crippen molar-refractivity contribution in [2.24, 2.45) is 5.73 Å². The van der Waals surface area contributed by atoms with Crippen LogP contribution >= 0.6 is 24.8 Å². The van der Waals surface area contributed by atoms with Crippen LogP contribution in [-0.2, 0) is 0 Å². The molecule has 0 saturated carbocycles. The van der Waals surface area contributed by atoms with E-state index in [1.54, 1.807) is 0 Å². The van der Waals surface area contributed by atoms with Gasteiger partial charge in [0.15, 0.2) is 0 Å². The molecule has 3 N–H and O–H groups in total. The standard InChI is InChI=1S/C7H16N2.2ClH/c1-7(2)4-3-6(8)5-9-7;;/h6,9H,3-5,8H2,1-2H3;2*1H/t6-;;/m0../s1. The van der Waals surface area contributed by atoms with Crippen LogP contribution in [0.3, 0.4) is 0 Å². The fourth-order valence-corrected chi connectivity index (χ4v) is 1.14. The summed E-state index contributed by atoms with van der Waals surface area (Å²) in [7, 11) is 0. The predicted octanol–water partition coefficient (Wildman–Crippen LogP) is 1.32. The molecule has 1 aliphatic heterocycles. The predicted molar refractivity (Wildman–Crippen MR) is 53.8 cm³/mol. The van der Waals surface area contributed by atoms with Crippen LogP contribution < -0.4 is 11.1 Å². The molecule has 0 aromatic heterocycles. The first-order chi connectivity index (χ1) is 4.10. The van der Waals surface area contributed by atoms with Crippen molar-refractivity contribution in [1.82, 2.24) is 5.32 Å². The fraction of sp³-hybridized carbons (Fsp3) is 1.00. The maximum atomic E-state index is 5.69. The van der Waals surface area contributed by atoms with Crippen LogP contribution in [0.4, 0.5) is 0 Å². The van der Waals surface area contributed by atoms with Gasteiger partial charge in [0.1, 0.15) is 0 Å². The highest BCUT2D eigenvalue weighted by Gasteiger charge is 2.23. The molecule has 1 aliphatic rings. The highest BCUT2D eigenvalue weighted by Crippen LogP contribution is 2.16. The van der Waals surface area contributed by atoms with Gasteiger partial charge >= 0.3 is 0 Å².